The molecule has 0 saturated heterocycles. The van der Waals surface area contributed by atoms with Crippen molar-refractivity contribution in [1.29, 1.82) is 0 Å². The number of hydrogen-bond acceptors (Lipinski definition) is 3. The first kappa shape index (κ1) is 17.4. The Morgan fingerprint density at radius 2 is 1.87 bits per heavy atom. The Labute approximate surface area is 145 Å². The van der Waals surface area contributed by atoms with Gasteiger partial charge >= 0.3 is 0 Å². The highest BCUT2D eigenvalue weighted by Gasteiger charge is 2.18. The molecule has 0 fully saturated rings. The zero-order valence-electron chi connectivity index (χ0n) is 13.0. The topological polar surface area (TPSA) is 47.6 Å². The summed E-state index contributed by atoms with van der Waals surface area (Å²) in [6.07, 6.45) is 0. The van der Waals surface area contributed by atoms with Gasteiger partial charge in [0.2, 0.25) is 0 Å². The molecule has 0 aliphatic rings. The fourth-order valence-corrected chi connectivity index (χ4v) is 2.59. The molecule has 4 nitrogen and oxygen atoms in total. The van der Waals surface area contributed by atoms with E-state index in [1.54, 1.807) is 38.5 Å². The van der Waals surface area contributed by atoms with Crippen LogP contribution in [0.1, 0.15) is 28.9 Å². The number of ether oxygens (including phenoxy) is 2. The van der Waals surface area contributed by atoms with Crippen molar-refractivity contribution in [3.05, 3.63) is 57.6 Å². The molecular formula is C17H17Cl2NO3. The van der Waals surface area contributed by atoms with Gasteiger partial charge in [-0.2, -0.15) is 0 Å². The van der Waals surface area contributed by atoms with Crippen molar-refractivity contribution in [1.82, 2.24) is 5.32 Å². The number of halogens is 2. The van der Waals surface area contributed by atoms with Gasteiger partial charge in [-0.25, -0.2) is 0 Å². The van der Waals surface area contributed by atoms with Crippen LogP contribution in [0.2, 0.25) is 10.0 Å². The van der Waals surface area contributed by atoms with E-state index in [-0.39, 0.29) is 17.0 Å². The summed E-state index contributed by atoms with van der Waals surface area (Å²) < 4.78 is 10.5. The standard InChI is InChI=1S/C17H17Cl2NO3/c1-10(12-8-7-11(22-2)9-15(12)23-3)20-17(21)13-5-4-6-14(18)16(13)19/h4-10H,1-3H3,(H,20,21). The monoisotopic (exact) mass is 353 g/mol. The van der Waals surface area contributed by atoms with Gasteiger partial charge < -0.3 is 14.8 Å². The number of rotatable bonds is 5. The zero-order valence-corrected chi connectivity index (χ0v) is 14.5. The second-order valence-electron chi connectivity index (χ2n) is 4.90. The normalized spacial score (nSPS) is 11.7. The lowest BCUT2D eigenvalue weighted by atomic mass is 10.1. The Morgan fingerprint density at radius 3 is 2.52 bits per heavy atom. The molecule has 1 amide bonds. The maximum Gasteiger partial charge on any atom is 0.253 e. The Hall–Kier alpha value is -1.91. The minimum absolute atomic E-state index is 0.237. The summed E-state index contributed by atoms with van der Waals surface area (Å²) in [6, 6.07) is 10.1. The molecule has 6 heteroatoms. The number of methoxy groups -OCH3 is 2. The average molecular weight is 354 g/mol. The third kappa shape index (κ3) is 3.89. The molecule has 0 aromatic heterocycles. The molecule has 0 saturated carbocycles. The maximum atomic E-state index is 12.4. The summed E-state index contributed by atoms with van der Waals surface area (Å²) in [5.41, 5.74) is 1.17. The van der Waals surface area contributed by atoms with Crippen LogP contribution < -0.4 is 14.8 Å². The highest BCUT2D eigenvalue weighted by Crippen LogP contribution is 2.30. The Balaban J connectivity index is 2.23. The van der Waals surface area contributed by atoms with Crippen LogP contribution in [-0.4, -0.2) is 20.1 Å². The molecule has 2 rings (SSSR count). The fourth-order valence-electron chi connectivity index (χ4n) is 2.21. The van der Waals surface area contributed by atoms with Crippen molar-refractivity contribution in [3.8, 4) is 11.5 Å². The number of benzene rings is 2. The van der Waals surface area contributed by atoms with E-state index in [4.69, 9.17) is 32.7 Å². The second-order valence-corrected chi connectivity index (χ2v) is 5.69. The molecule has 0 bridgehead atoms. The average Bonchev–Trinajstić information content (AvgIpc) is 2.56. The molecule has 0 radical (unpaired) electrons. The predicted octanol–water partition coefficient (Wildman–Crippen LogP) is 4.50. The second kappa shape index (κ2) is 7.57. The summed E-state index contributed by atoms with van der Waals surface area (Å²) in [7, 11) is 3.15. The van der Waals surface area contributed by atoms with Gasteiger partial charge in [-0.05, 0) is 31.2 Å². The Morgan fingerprint density at radius 1 is 1.13 bits per heavy atom. The van der Waals surface area contributed by atoms with Crippen LogP contribution in [0.4, 0.5) is 0 Å². The van der Waals surface area contributed by atoms with Crippen LogP contribution in [0.3, 0.4) is 0 Å². The minimum Gasteiger partial charge on any atom is -0.497 e. The molecule has 0 aliphatic heterocycles. The van der Waals surface area contributed by atoms with Crippen LogP contribution in [-0.2, 0) is 0 Å². The van der Waals surface area contributed by atoms with E-state index < -0.39 is 0 Å². The quantitative estimate of drug-likeness (QED) is 0.860. The van der Waals surface area contributed by atoms with E-state index in [9.17, 15) is 4.79 Å². The van der Waals surface area contributed by atoms with E-state index >= 15 is 0 Å². The van der Waals surface area contributed by atoms with Crippen molar-refractivity contribution in [2.24, 2.45) is 0 Å². The van der Waals surface area contributed by atoms with Crippen LogP contribution in [0.25, 0.3) is 0 Å². The summed E-state index contributed by atoms with van der Waals surface area (Å²) in [5, 5.41) is 3.47. The van der Waals surface area contributed by atoms with Gasteiger partial charge in [-0.15, -0.1) is 0 Å². The molecule has 23 heavy (non-hydrogen) atoms. The van der Waals surface area contributed by atoms with Crippen LogP contribution in [0, 0.1) is 0 Å². The van der Waals surface area contributed by atoms with Gasteiger partial charge in [0, 0.05) is 11.6 Å². The third-order valence-corrected chi connectivity index (χ3v) is 4.27. The van der Waals surface area contributed by atoms with Gasteiger partial charge in [0.25, 0.3) is 5.91 Å². The third-order valence-electron chi connectivity index (χ3n) is 3.45. The minimum atomic E-state index is -0.303. The molecule has 2 aromatic rings. The number of carbonyl (C=O) groups is 1. The summed E-state index contributed by atoms with van der Waals surface area (Å²) in [4.78, 5) is 12.4. The summed E-state index contributed by atoms with van der Waals surface area (Å²) >= 11 is 12.0. The largest absolute Gasteiger partial charge is 0.497 e. The fraction of sp³-hybridized carbons (Fsp3) is 0.235. The van der Waals surface area contributed by atoms with Crippen molar-refractivity contribution in [3.63, 3.8) is 0 Å². The van der Waals surface area contributed by atoms with Gasteiger partial charge in [0.15, 0.2) is 0 Å². The molecular weight excluding hydrogens is 337 g/mol. The first-order chi connectivity index (χ1) is 11.0. The molecule has 1 atom stereocenters. The van der Waals surface area contributed by atoms with E-state index in [1.165, 1.54) is 0 Å². The van der Waals surface area contributed by atoms with Crippen molar-refractivity contribution >= 4 is 29.1 Å². The van der Waals surface area contributed by atoms with Crippen molar-refractivity contribution in [2.45, 2.75) is 13.0 Å². The van der Waals surface area contributed by atoms with Crippen LogP contribution in [0.15, 0.2) is 36.4 Å². The van der Waals surface area contributed by atoms with Crippen molar-refractivity contribution in [2.75, 3.05) is 14.2 Å². The first-order valence-corrected chi connectivity index (χ1v) is 7.70. The Bertz CT molecular complexity index is 719. The first-order valence-electron chi connectivity index (χ1n) is 6.94. The predicted molar refractivity (Wildman–Crippen MR) is 91.9 cm³/mol. The lowest BCUT2D eigenvalue weighted by Gasteiger charge is -2.18. The lowest BCUT2D eigenvalue weighted by molar-refractivity contribution is 0.0939. The zero-order chi connectivity index (χ0) is 17.0. The van der Waals surface area contributed by atoms with E-state index in [2.05, 4.69) is 5.32 Å². The van der Waals surface area contributed by atoms with Crippen molar-refractivity contribution < 1.29 is 14.3 Å². The van der Waals surface area contributed by atoms with Gasteiger partial charge in [-0.3, -0.25) is 4.79 Å². The van der Waals surface area contributed by atoms with Crippen LogP contribution >= 0.6 is 23.2 Å². The van der Waals surface area contributed by atoms with Gasteiger partial charge in [0.1, 0.15) is 11.5 Å². The molecule has 1 N–H and O–H groups in total. The molecule has 0 heterocycles. The van der Waals surface area contributed by atoms with Crippen LogP contribution in [0.5, 0.6) is 11.5 Å². The lowest BCUT2D eigenvalue weighted by Crippen LogP contribution is -2.27. The van der Waals surface area contributed by atoms with E-state index in [0.717, 1.165) is 5.56 Å². The highest BCUT2D eigenvalue weighted by molar-refractivity contribution is 6.43. The smallest absolute Gasteiger partial charge is 0.253 e. The molecule has 122 valence electrons. The van der Waals surface area contributed by atoms with Gasteiger partial charge in [0.05, 0.1) is 35.9 Å². The SMILES string of the molecule is COc1ccc(C(C)NC(=O)c2cccc(Cl)c2Cl)c(OC)c1. The molecule has 2 aromatic carbocycles. The number of carbonyl (C=O) groups excluding carboxylic acids is 1. The maximum absolute atomic E-state index is 12.4. The summed E-state index contributed by atoms with van der Waals surface area (Å²) in [6.45, 7) is 1.86. The number of amides is 1. The highest BCUT2D eigenvalue weighted by atomic mass is 35.5. The van der Waals surface area contributed by atoms with Gasteiger partial charge in [-0.1, -0.05) is 29.3 Å². The number of nitrogens with one attached hydrogen (secondary N) is 1. The molecule has 0 aliphatic carbocycles. The number of hydrogen-bond donors (Lipinski definition) is 1. The molecule has 1 unspecified atom stereocenters. The Kier molecular flexibility index (Phi) is 5.74. The summed E-state index contributed by atoms with van der Waals surface area (Å²) in [5.74, 6) is 1.01. The molecule has 0 spiro atoms. The van der Waals surface area contributed by atoms with E-state index in [1.807, 2.05) is 19.1 Å². The van der Waals surface area contributed by atoms with E-state index in [0.29, 0.717) is 22.1 Å².